The zero-order valence-electron chi connectivity index (χ0n) is 10.4. The van der Waals surface area contributed by atoms with Gasteiger partial charge in [-0.15, -0.1) is 0 Å². The van der Waals surface area contributed by atoms with E-state index in [0.29, 0.717) is 0 Å². The molecule has 1 amide bonds. The lowest BCUT2D eigenvalue weighted by Crippen LogP contribution is -2.61. The van der Waals surface area contributed by atoms with Gasteiger partial charge in [-0.25, -0.2) is 4.79 Å². The fourth-order valence-corrected chi connectivity index (χ4v) is 2.45. The summed E-state index contributed by atoms with van der Waals surface area (Å²) in [6, 6.07) is 0. The molecule has 17 heavy (non-hydrogen) atoms. The van der Waals surface area contributed by atoms with Gasteiger partial charge < -0.3 is 15.7 Å². The smallest absolute Gasteiger partial charge is 0.329 e. The summed E-state index contributed by atoms with van der Waals surface area (Å²) in [6.07, 6.45) is 3.48. The normalized spacial score (nSPS) is 31.9. The molecule has 0 spiro atoms. The Hall–Kier alpha value is -1.10. The second-order valence-electron chi connectivity index (χ2n) is 5.60. The largest absolute Gasteiger partial charge is 0.480 e. The first-order chi connectivity index (χ1) is 7.88. The molecule has 2 unspecified atom stereocenters. The van der Waals surface area contributed by atoms with E-state index >= 15 is 0 Å². The van der Waals surface area contributed by atoms with E-state index in [1.807, 2.05) is 6.92 Å². The van der Waals surface area contributed by atoms with E-state index < -0.39 is 17.0 Å². The van der Waals surface area contributed by atoms with Gasteiger partial charge in [-0.05, 0) is 52.0 Å². The highest BCUT2D eigenvalue weighted by Crippen LogP contribution is 2.40. The minimum Gasteiger partial charge on any atom is -0.480 e. The van der Waals surface area contributed by atoms with Gasteiger partial charge in [0.15, 0.2) is 0 Å². The van der Waals surface area contributed by atoms with E-state index in [-0.39, 0.29) is 11.8 Å². The number of carboxylic acid groups (broad SMARTS) is 1. The van der Waals surface area contributed by atoms with Crippen molar-refractivity contribution in [3.05, 3.63) is 0 Å². The number of hydrogen-bond acceptors (Lipinski definition) is 3. The predicted octanol–water partition coefficient (Wildman–Crippen LogP) is 0.498. The topological polar surface area (TPSA) is 78.4 Å². The Morgan fingerprint density at radius 1 is 1.47 bits per heavy atom. The molecule has 2 aliphatic rings. The maximum atomic E-state index is 12.2. The van der Waals surface area contributed by atoms with Crippen molar-refractivity contribution in [1.29, 1.82) is 0 Å². The summed E-state index contributed by atoms with van der Waals surface area (Å²) >= 11 is 0. The van der Waals surface area contributed by atoms with Crippen molar-refractivity contribution in [1.82, 2.24) is 10.6 Å². The maximum absolute atomic E-state index is 12.2. The van der Waals surface area contributed by atoms with E-state index in [9.17, 15) is 14.7 Å². The van der Waals surface area contributed by atoms with Crippen molar-refractivity contribution in [3.63, 3.8) is 0 Å². The molecule has 1 saturated carbocycles. The molecule has 0 radical (unpaired) electrons. The number of carbonyl (C=O) groups excluding carboxylic acids is 1. The van der Waals surface area contributed by atoms with E-state index in [1.165, 1.54) is 0 Å². The monoisotopic (exact) mass is 240 g/mol. The first-order valence-corrected chi connectivity index (χ1v) is 6.19. The zero-order valence-corrected chi connectivity index (χ0v) is 10.4. The van der Waals surface area contributed by atoms with Crippen molar-refractivity contribution in [2.75, 3.05) is 6.54 Å². The van der Waals surface area contributed by atoms with Gasteiger partial charge in [0.2, 0.25) is 5.91 Å². The maximum Gasteiger partial charge on any atom is 0.329 e. The zero-order chi connectivity index (χ0) is 12.7. The average molecular weight is 240 g/mol. The first-order valence-electron chi connectivity index (χ1n) is 6.19. The third-order valence-corrected chi connectivity index (χ3v) is 4.08. The molecule has 1 saturated heterocycles. The lowest BCUT2D eigenvalue weighted by molar-refractivity contribution is -0.148. The van der Waals surface area contributed by atoms with E-state index in [0.717, 1.165) is 32.2 Å². The fourth-order valence-electron chi connectivity index (χ4n) is 2.45. The molecule has 0 aromatic rings. The molecule has 5 heteroatoms. The highest BCUT2D eigenvalue weighted by atomic mass is 16.4. The number of carboxylic acids is 1. The Morgan fingerprint density at radius 3 is 2.53 bits per heavy atom. The van der Waals surface area contributed by atoms with Crippen LogP contribution in [0.1, 0.15) is 39.5 Å². The van der Waals surface area contributed by atoms with Crippen LogP contribution in [-0.4, -0.2) is 34.6 Å². The van der Waals surface area contributed by atoms with Crippen LogP contribution in [0.25, 0.3) is 0 Å². The lowest BCUT2D eigenvalue weighted by atomic mass is 9.92. The van der Waals surface area contributed by atoms with Gasteiger partial charge >= 0.3 is 5.97 Å². The molecule has 2 rings (SSSR count). The second kappa shape index (κ2) is 3.98. The van der Waals surface area contributed by atoms with Crippen LogP contribution >= 0.6 is 0 Å². The van der Waals surface area contributed by atoms with Crippen LogP contribution in [0.5, 0.6) is 0 Å². The van der Waals surface area contributed by atoms with Crippen molar-refractivity contribution in [2.45, 2.75) is 50.6 Å². The van der Waals surface area contributed by atoms with E-state index in [1.54, 1.807) is 6.92 Å². The van der Waals surface area contributed by atoms with Gasteiger partial charge in [0.25, 0.3) is 0 Å². The molecule has 0 aromatic heterocycles. The molecular formula is C12H20N2O3. The summed E-state index contributed by atoms with van der Waals surface area (Å²) in [5.41, 5.74) is -1.71. The summed E-state index contributed by atoms with van der Waals surface area (Å²) in [5.74, 6) is -1.05. The minimum absolute atomic E-state index is 0.0777. The number of hydrogen-bond donors (Lipinski definition) is 3. The van der Waals surface area contributed by atoms with Crippen LogP contribution in [0.2, 0.25) is 0 Å². The highest BCUT2D eigenvalue weighted by Gasteiger charge is 2.50. The predicted molar refractivity (Wildman–Crippen MR) is 62.5 cm³/mol. The summed E-state index contributed by atoms with van der Waals surface area (Å²) < 4.78 is 0. The third kappa shape index (κ3) is 2.16. The molecule has 1 aliphatic carbocycles. The Bertz CT molecular complexity index is 346. The lowest BCUT2D eigenvalue weighted by Gasteiger charge is -2.31. The second-order valence-corrected chi connectivity index (χ2v) is 5.60. The summed E-state index contributed by atoms with van der Waals surface area (Å²) in [7, 11) is 0. The Labute approximate surface area is 101 Å². The van der Waals surface area contributed by atoms with Crippen molar-refractivity contribution in [2.24, 2.45) is 5.92 Å². The van der Waals surface area contributed by atoms with Gasteiger partial charge in [-0.1, -0.05) is 0 Å². The van der Waals surface area contributed by atoms with Crippen molar-refractivity contribution in [3.8, 4) is 0 Å². The number of rotatable bonds is 4. The molecule has 2 atom stereocenters. The summed E-state index contributed by atoms with van der Waals surface area (Å²) in [4.78, 5) is 23.5. The molecular weight excluding hydrogens is 220 g/mol. The van der Waals surface area contributed by atoms with Gasteiger partial charge in [-0.3, -0.25) is 4.79 Å². The van der Waals surface area contributed by atoms with Crippen LogP contribution in [-0.2, 0) is 9.59 Å². The van der Waals surface area contributed by atoms with Gasteiger partial charge in [0.1, 0.15) is 5.54 Å². The van der Waals surface area contributed by atoms with Crippen LogP contribution in [0.3, 0.4) is 0 Å². The van der Waals surface area contributed by atoms with Crippen molar-refractivity contribution >= 4 is 11.9 Å². The summed E-state index contributed by atoms with van der Waals surface area (Å²) in [6.45, 7) is 4.27. The minimum atomic E-state index is -1.11. The van der Waals surface area contributed by atoms with Crippen LogP contribution in [0.4, 0.5) is 0 Å². The van der Waals surface area contributed by atoms with E-state index in [2.05, 4.69) is 10.6 Å². The molecule has 0 aromatic carbocycles. The van der Waals surface area contributed by atoms with Crippen LogP contribution in [0, 0.1) is 5.92 Å². The number of carbonyl (C=O) groups is 2. The van der Waals surface area contributed by atoms with Gasteiger partial charge in [-0.2, -0.15) is 0 Å². The number of aliphatic carboxylic acids is 1. The molecule has 0 bridgehead atoms. The molecule has 96 valence electrons. The Morgan fingerprint density at radius 2 is 2.12 bits per heavy atom. The Balaban J connectivity index is 2.08. The number of nitrogens with one attached hydrogen (secondary N) is 2. The third-order valence-electron chi connectivity index (χ3n) is 4.08. The Kier molecular flexibility index (Phi) is 2.89. The first kappa shape index (κ1) is 12.4. The van der Waals surface area contributed by atoms with Gasteiger partial charge in [0, 0.05) is 0 Å². The van der Waals surface area contributed by atoms with Crippen LogP contribution in [0.15, 0.2) is 0 Å². The van der Waals surface area contributed by atoms with Crippen molar-refractivity contribution < 1.29 is 14.7 Å². The molecule has 3 N–H and O–H groups in total. The highest BCUT2D eigenvalue weighted by molar-refractivity contribution is 5.92. The number of amides is 1. The standard InChI is InChI=1S/C12H20N2O3/c1-11(6-3-7-13-11)9(15)14-12(2,10(16)17)8-4-5-8/h8,13H,3-7H2,1-2H3,(H,14,15)(H,16,17). The van der Waals surface area contributed by atoms with Crippen LogP contribution < -0.4 is 10.6 Å². The summed E-state index contributed by atoms with van der Waals surface area (Å²) in [5, 5.41) is 15.2. The fraction of sp³-hybridized carbons (Fsp3) is 0.833. The molecule has 5 nitrogen and oxygen atoms in total. The molecule has 2 fully saturated rings. The molecule has 1 heterocycles. The van der Waals surface area contributed by atoms with Gasteiger partial charge in [0.05, 0.1) is 5.54 Å². The van der Waals surface area contributed by atoms with E-state index in [4.69, 9.17) is 0 Å². The average Bonchev–Trinajstić information content (AvgIpc) is 3.02. The molecule has 1 aliphatic heterocycles. The SMILES string of the molecule is CC1(C(=O)NC(C)(C(=O)O)C2CC2)CCCN1. The quantitative estimate of drug-likeness (QED) is 0.668.